The number of likely N-dealkylation sites (N-methyl/N-ethyl adjacent to an activating group) is 1. The molecule has 1 heterocycles. The predicted molar refractivity (Wildman–Crippen MR) is 70.9 cm³/mol. The number of Topliss-reactive ketones (excluding diaryl/α,β-unsaturated/α-hetero) is 1. The van der Waals surface area contributed by atoms with Gasteiger partial charge in [-0.3, -0.25) is 4.79 Å². The molecule has 2 unspecified atom stereocenters. The molecule has 0 saturated heterocycles. The Bertz CT molecular complexity index is 434. The molecule has 0 aromatic carbocycles. The quantitative estimate of drug-likeness (QED) is 0.831. The van der Waals surface area contributed by atoms with Crippen LogP contribution in [0.15, 0.2) is 18.3 Å². The first kappa shape index (κ1) is 13.0. The Kier molecular flexibility index (Phi) is 3.97. The van der Waals surface area contributed by atoms with Gasteiger partial charge in [-0.15, -0.1) is 0 Å². The zero-order chi connectivity index (χ0) is 13.1. The Morgan fingerprint density at radius 1 is 1.44 bits per heavy atom. The van der Waals surface area contributed by atoms with E-state index < -0.39 is 0 Å². The first-order chi connectivity index (χ1) is 8.59. The molecule has 0 radical (unpaired) electrons. The maximum atomic E-state index is 11.4. The molecule has 0 aliphatic heterocycles. The lowest BCUT2D eigenvalue weighted by atomic mass is 9.91. The summed E-state index contributed by atoms with van der Waals surface area (Å²) < 4.78 is 0. The Morgan fingerprint density at radius 3 is 2.83 bits per heavy atom. The number of aromatic nitrogens is 1. The fourth-order valence-corrected chi connectivity index (χ4v) is 2.54. The smallest absolute Gasteiger partial charge is 0.159 e. The van der Waals surface area contributed by atoms with E-state index in [1.807, 2.05) is 11.9 Å². The van der Waals surface area contributed by atoms with E-state index in [0.717, 1.165) is 31.5 Å². The normalized spacial score (nSPS) is 23.7. The van der Waals surface area contributed by atoms with Gasteiger partial charge in [-0.2, -0.15) is 0 Å². The van der Waals surface area contributed by atoms with E-state index >= 15 is 0 Å². The Hall–Kier alpha value is -1.42. The molecule has 1 aromatic heterocycles. The molecule has 4 nitrogen and oxygen atoms in total. The summed E-state index contributed by atoms with van der Waals surface area (Å²) >= 11 is 0. The molecule has 0 spiro atoms. The van der Waals surface area contributed by atoms with Gasteiger partial charge in [0.05, 0.1) is 12.1 Å². The van der Waals surface area contributed by atoms with Crippen LogP contribution < -0.4 is 4.90 Å². The van der Waals surface area contributed by atoms with Crippen LogP contribution in [-0.2, 0) is 0 Å². The number of pyridine rings is 1. The molecule has 1 aliphatic rings. The number of hydrogen-bond acceptors (Lipinski definition) is 4. The average Bonchev–Trinajstić information content (AvgIpc) is 2.38. The number of carbonyl (C=O) groups is 1. The van der Waals surface area contributed by atoms with Gasteiger partial charge in [-0.25, -0.2) is 4.98 Å². The Labute approximate surface area is 108 Å². The van der Waals surface area contributed by atoms with Gasteiger partial charge in [0.15, 0.2) is 5.78 Å². The van der Waals surface area contributed by atoms with Crippen molar-refractivity contribution in [2.75, 3.05) is 11.9 Å². The third kappa shape index (κ3) is 2.70. The lowest BCUT2D eigenvalue weighted by Gasteiger charge is -2.36. The molecular formula is C14H20N2O2. The summed E-state index contributed by atoms with van der Waals surface area (Å²) in [5, 5.41) is 10.0. The van der Waals surface area contributed by atoms with Crippen molar-refractivity contribution in [1.82, 2.24) is 4.98 Å². The number of hydrogen-bond donors (Lipinski definition) is 1. The van der Waals surface area contributed by atoms with E-state index in [-0.39, 0.29) is 17.9 Å². The van der Waals surface area contributed by atoms with E-state index in [1.54, 1.807) is 25.3 Å². The number of aliphatic hydroxyl groups is 1. The Morgan fingerprint density at radius 2 is 2.17 bits per heavy atom. The average molecular weight is 248 g/mol. The molecule has 18 heavy (non-hydrogen) atoms. The van der Waals surface area contributed by atoms with Gasteiger partial charge < -0.3 is 10.0 Å². The molecule has 0 amide bonds. The molecule has 1 aliphatic carbocycles. The predicted octanol–water partition coefficient (Wildman–Crippen LogP) is 2.02. The topological polar surface area (TPSA) is 53.4 Å². The maximum absolute atomic E-state index is 11.4. The van der Waals surface area contributed by atoms with E-state index in [9.17, 15) is 9.90 Å². The summed E-state index contributed by atoms with van der Waals surface area (Å²) in [6.45, 7) is 1.55. The van der Waals surface area contributed by atoms with Crippen molar-refractivity contribution in [3.8, 4) is 0 Å². The third-order valence-electron chi connectivity index (χ3n) is 3.70. The SMILES string of the molecule is CC(=O)c1ccnc(N(C)C2CCCCC2O)c1. The minimum Gasteiger partial charge on any atom is -0.391 e. The molecule has 1 saturated carbocycles. The standard InChI is InChI=1S/C14H20N2O2/c1-10(17)11-7-8-15-14(9-11)16(2)12-5-3-4-6-13(12)18/h7-9,12-13,18H,3-6H2,1-2H3. The second-order valence-electron chi connectivity index (χ2n) is 4.99. The summed E-state index contributed by atoms with van der Waals surface area (Å²) in [4.78, 5) is 17.7. The number of nitrogens with zero attached hydrogens (tertiary/aromatic N) is 2. The van der Waals surface area contributed by atoms with Crippen LogP contribution in [0, 0.1) is 0 Å². The second-order valence-corrected chi connectivity index (χ2v) is 4.99. The van der Waals surface area contributed by atoms with Crippen molar-refractivity contribution in [2.45, 2.75) is 44.8 Å². The van der Waals surface area contributed by atoms with Crippen LogP contribution >= 0.6 is 0 Å². The molecule has 1 N–H and O–H groups in total. The number of carbonyl (C=O) groups excluding carboxylic acids is 1. The third-order valence-corrected chi connectivity index (χ3v) is 3.70. The zero-order valence-electron chi connectivity index (χ0n) is 11.0. The number of anilines is 1. The first-order valence-corrected chi connectivity index (χ1v) is 6.47. The van der Waals surface area contributed by atoms with E-state index in [2.05, 4.69) is 4.98 Å². The van der Waals surface area contributed by atoms with Crippen LogP contribution in [0.4, 0.5) is 5.82 Å². The summed E-state index contributed by atoms with van der Waals surface area (Å²) in [5.74, 6) is 0.796. The minimum atomic E-state index is -0.300. The number of rotatable bonds is 3. The Balaban J connectivity index is 2.19. The van der Waals surface area contributed by atoms with Crippen LogP contribution in [-0.4, -0.2) is 35.1 Å². The summed E-state index contributed by atoms with van der Waals surface area (Å²) in [6, 6.07) is 3.62. The lowest BCUT2D eigenvalue weighted by Crippen LogP contribution is -2.43. The van der Waals surface area contributed by atoms with Gasteiger partial charge in [0.25, 0.3) is 0 Å². The van der Waals surface area contributed by atoms with Crippen molar-refractivity contribution < 1.29 is 9.90 Å². The molecule has 4 heteroatoms. The van der Waals surface area contributed by atoms with Gasteiger partial charge >= 0.3 is 0 Å². The van der Waals surface area contributed by atoms with Gasteiger partial charge in [-0.05, 0) is 31.9 Å². The highest BCUT2D eigenvalue weighted by Gasteiger charge is 2.27. The second kappa shape index (κ2) is 5.48. The highest BCUT2D eigenvalue weighted by atomic mass is 16.3. The highest BCUT2D eigenvalue weighted by molar-refractivity contribution is 5.94. The number of ketones is 1. The van der Waals surface area contributed by atoms with Gasteiger partial charge in [0, 0.05) is 18.8 Å². The van der Waals surface area contributed by atoms with Crippen LogP contribution in [0.5, 0.6) is 0 Å². The van der Waals surface area contributed by atoms with Gasteiger partial charge in [0.2, 0.25) is 0 Å². The largest absolute Gasteiger partial charge is 0.391 e. The molecule has 1 fully saturated rings. The summed E-state index contributed by atoms with van der Waals surface area (Å²) in [5.41, 5.74) is 0.664. The van der Waals surface area contributed by atoms with Crippen LogP contribution in [0.25, 0.3) is 0 Å². The van der Waals surface area contributed by atoms with E-state index in [4.69, 9.17) is 0 Å². The molecular weight excluding hydrogens is 228 g/mol. The highest BCUT2D eigenvalue weighted by Crippen LogP contribution is 2.25. The van der Waals surface area contributed by atoms with E-state index in [1.165, 1.54) is 0 Å². The van der Waals surface area contributed by atoms with Crippen molar-refractivity contribution in [1.29, 1.82) is 0 Å². The van der Waals surface area contributed by atoms with Crippen molar-refractivity contribution in [3.63, 3.8) is 0 Å². The molecule has 98 valence electrons. The summed E-state index contributed by atoms with van der Waals surface area (Å²) in [7, 11) is 1.94. The first-order valence-electron chi connectivity index (χ1n) is 6.47. The zero-order valence-corrected chi connectivity index (χ0v) is 11.0. The molecule has 1 aromatic rings. The molecule has 0 bridgehead atoms. The maximum Gasteiger partial charge on any atom is 0.159 e. The fourth-order valence-electron chi connectivity index (χ4n) is 2.54. The lowest BCUT2D eigenvalue weighted by molar-refractivity contribution is 0.101. The minimum absolute atomic E-state index is 0.0382. The van der Waals surface area contributed by atoms with Gasteiger partial charge in [0.1, 0.15) is 5.82 Å². The van der Waals surface area contributed by atoms with Crippen LogP contribution in [0.3, 0.4) is 0 Å². The van der Waals surface area contributed by atoms with Crippen LogP contribution in [0.2, 0.25) is 0 Å². The van der Waals surface area contributed by atoms with Crippen molar-refractivity contribution in [3.05, 3.63) is 23.9 Å². The van der Waals surface area contributed by atoms with Gasteiger partial charge in [-0.1, -0.05) is 12.8 Å². The number of aliphatic hydroxyl groups excluding tert-OH is 1. The fraction of sp³-hybridized carbons (Fsp3) is 0.571. The van der Waals surface area contributed by atoms with E-state index in [0.29, 0.717) is 5.56 Å². The monoisotopic (exact) mass is 248 g/mol. The molecule has 2 atom stereocenters. The molecule has 2 rings (SSSR count). The van der Waals surface area contributed by atoms with Crippen LogP contribution in [0.1, 0.15) is 43.0 Å². The van der Waals surface area contributed by atoms with Crippen molar-refractivity contribution >= 4 is 11.6 Å². The van der Waals surface area contributed by atoms with Crippen molar-refractivity contribution in [2.24, 2.45) is 0 Å². The summed E-state index contributed by atoms with van der Waals surface area (Å²) in [6.07, 6.45) is 5.40.